The molecular weight excluding hydrogens is 334 g/mol. The van der Waals surface area contributed by atoms with Crippen molar-refractivity contribution in [3.63, 3.8) is 0 Å². The van der Waals surface area contributed by atoms with E-state index in [1.54, 1.807) is 37.2 Å². The lowest BCUT2D eigenvalue weighted by Crippen LogP contribution is -2.37. The standard InChI is InChI=1S/C19H21N3O4/c1-4-13-9-18(23)26-17-10-15(5-6-16(13)17)25-12(2)19(24)22(3)11-14-7-8-20-21-14/h5-10,12H,4,11H2,1-3H3,(H,20,21). The van der Waals surface area contributed by atoms with E-state index in [9.17, 15) is 9.59 Å². The van der Waals surface area contributed by atoms with Crippen LogP contribution in [0.4, 0.5) is 0 Å². The lowest BCUT2D eigenvalue weighted by atomic mass is 10.1. The molecule has 26 heavy (non-hydrogen) atoms. The third kappa shape index (κ3) is 3.77. The van der Waals surface area contributed by atoms with Gasteiger partial charge in [-0.05, 0) is 37.1 Å². The highest BCUT2D eigenvalue weighted by atomic mass is 16.5. The van der Waals surface area contributed by atoms with Crippen LogP contribution in [0.2, 0.25) is 0 Å². The Balaban J connectivity index is 1.75. The van der Waals surface area contributed by atoms with Gasteiger partial charge in [-0.15, -0.1) is 0 Å². The summed E-state index contributed by atoms with van der Waals surface area (Å²) < 4.78 is 11.0. The van der Waals surface area contributed by atoms with E-state index in [0.717, 1.165) is 23.1 Å². The number of aromatic nitrogens is 2. The van der Waals surface area contributed by atoms with E-state index in [1.807, 2.05) is 19.1 Å². The van der Waals surface area contributed by atoms with E-state index < -0.39 is 11.7 Å². The number of fused-ring (bicyclic) bond motifs is 1. The van der Waals surface area contributed by atoms with Crippen molar-refractivity contribution in [3.05, 3.63) is 58.2 Å². The van der Waals surface area contributed by atoms with Gasteiger partial charge < -0.3 is 14.1 Å². The fourth-order valence-corrected chi connectivity index (χ4v) is 2.85. The number of carbonyl (C=O) groups is 1. The van der Waals surface area contributed by atoms with Gasteiger partial charge in [0, 0.05) is 30.8 Å². The molecule has 2 aromatic heterocycles. The van der Waals surface area contributed by atoms with Gasteiger partial charge in [-0.25, -0.2) is 4.79 Å². The molecule has 0 aliphatic rings. The smallest absolute Gasteiger partial charge is 0.336 e. The molecule has 3 aromatic rings. The molecule has 0 aliphatic heterocycles. The van der Waals surface area contributed by atoms with Crippen molar-refractivity contribution in [2.24, 2.45) is 0 Å². The van der Waals surface area contributed by atoms with Gasteiger partial charge in [-0.3, -0.25) is 9.89 Å². The Morgan fingerprint density at radius 1 is 1.35 bits per heavy atom. The first kappa shape index (κ1) is 17.7. The van der Waals surface area contributed by atoms with Gasteiger partial charge in [0.15, 0.2) is 6.10 Å². The number of carbonyl (C=O) groups excluding carboxylic acids is 1. The zero-order chi connectivity index (χ0) is 18.7. The minimum atomic E-state index is -0.679. The van der Waals surface area contributed by atoms with Gasteiger partial charge in [0.1, 0.15) is 11.3 Å². The molecule has 7 heteroatoms. The third-order valence-corrected chi connectivity index (χ3v) is 4.19. The van der Waals surface area contributed by atoms with Crippen molar-refractivity contribution < 1.29 is 13.9 Å². The largest absolute Gasteiger partial charge is 0.481 e. The molecule has 0 bridgehead atoms. The molecule has 0 saturated heterocycles. The van der Waals surface area contributed by atoms with Crippen LogP contribution in [0.15, 0.2) is 45.7 Å². The van der Waals surface area contributed by atoms with Gasteiger partial charge in [-0.1, -0.05) is 6.92 Å². The first-order valence-electron chi connectivity index (χ1n) is 8.44. The van der Waals surface area contributed by atoms with Gasteiger partial charge in [0.05, 0.1) is 12.2 Å². The fourth-order valence-electron chi connectivity index (χ4n) is 2.85. The van der Waals surface area contributed by atoms with Crippen LogP contribution in [0.3, 0.4) is 0 Å². The minimum absolute atomic E-state index is 0.163. The normalized spacial score (nSPS) is 12.1. The summed E-state index contributed by atoms with van der Waals surface area (Å²) in [5.41, 5.74) is 1.83. The minimum Gasteiger partial charge on any atom is -0.481 e. The van der Waals surface area contributed by atoms with E-state index in [2.05, 4.69) is 10.2 Å². The molecular formula is C19H21N3O4. The summed E-state index contributed by atoms with van der Waals surface area (Å²) in [5, 5.41) is 7.56. The van der Waals surface area contributed by atoms with Crippen LogP contribution in [0.1, 0.15) is 25.1 Å². The Labute approximate surface area is 150 Å². The molecule has 136 valence electrons. The van der Waals surface area contributed by atoms with Crippen molar-refractivity contribution in [1.29, 1.82) is 0 Å². The molecule has 0 aliphatic carbocycles. The van der Waals surface area contributed by atoms with Crippen molar-refractivity contribution in [3.8, 4) is 5.75 Å². The van der Waals surface area contributed by atoms with Crippen LogP contribution >= 0.6 is 0 Å². The van der Waals surface area contributed by atoms with Crippen LogP contribution in [0, 0.1) is 0 Å². The summed E-state index contributed by atoms with van der Waals surface area (Å²) in [6.45, 7) is 4.09. The number of aromatic amines is 1. The molecule has 3 rings (SSSR count). The molecule has 0 radical (unpaired) electrons. The average molecular weight is 355 g/mol. The third-order valence-electron chi connectivity index (χ3n) is 4.19. The fraction of sp³-hybridized carbons (Fsp3) is 0.316. The predicted octanol–water partition coefficient (Wildman–Crippen LogP) is 2.50. The van der Waals surface area contributed by atoms with Gasteiger partial charge >= 0.3 is 5.63 Å². The second-order valence-corrected chi connectivity index (χ2v) is 6.14. The maximum absolute atomic E-state index is 12.5. The summed E-state index contributed by atoms with van der Waals surface area (Å²) in [7, 11) is 1.70. The van der Waals surface area contributed by atoms with Crippen LogP contribution in [-0.4, -0.2) is 34.2 Å². The van der Waals surface area contributed by atoms with E-state index in [-0.39, 0.29) is 5.91 Å². The first-order chi connectivity index (χ1) is 12.5. The lowest BCUT2D eigenvalue weighted by molar-refractivity contribution is -0.137. The lowest BCUT2D eigenvalue weighted by Gasteiger charge is -2.21. The molecule has 1 unspecified atom stereocenters. The predicted molar refractivity (Wildman–Crippen MR) is 97.0 cm³/mol. The number of aryl methyl sites for hydroxylation is 1. The highest BCUT2D eigenvalue weighted by molar-refractivity contribution is 5.82. The number of amides is 1. The summed E-state index contributed by atoms with van der Waals surface area (Å²) in [6.07, 6.45) is 1.69. The summed E-state index contributed by atoms with van der Waals surface area (Å²) >= 11 is 0. The summed E-state index contributed by atoms with van der Waals surface area (Å²) in [5.74, 6) is 0.313. The average Bonchev–Trinajstić information content (AvgIpc) is 3.12. The summed E-state index contributed by atoms with van der Waals surface area (Å²) in [6, 6.07) is 8.58. The second-order valence-electron chi connectivity index (χ2n) is 6.14. The number of likely N-dealkylation sites (N-methyl/N-ethyl adjacent to an activating group) is 1. The van der Waals surface area contributed by atoms with Crippen molar-refractivity contribution in [2.75, 3.05) is 7.05 Å². The summed E-state index contributed by atoms with van der Waals surface area (Å²) in [4.78, 5) is 25.7. The zero-order valence-corrected chi connectivity index (χ0v) is 15.0. The Morgan fingerprint density at radius 3 is 2.85 bits per heavy atom. The number of nitrogens with one attached hydrogen (secondary N) is 1. The quantitative estimate of drug-likeness (QED) is 0.686. The van der Waals surface area contributed by atoms with Crippen LogP contribution in [0.5, 0.6) is 5.75 Å². The topological polar surface area (TPSA) is 88.4 Å². The van der Waals surface area contributed by atoms with E-state index in [4.69, 9.17) is 9.15 Å². The molecule has 0 spiro atoms. The van der Waals surface area contributed by atoms with E-state index in [1.165, 1.54) is 6.07 Å². The maximum Gasteiger partial charge on any atom is 0.336 e. The number of benzene rings is 1. The Hall–Kier alpha value is -3.09. The SMILES string of the molecule is CCc1cc(=O)oc2cc(OC(C)C(=O)N(C)Cc3ccn[nH]3)ccc12. The number of hydrogen-bond donors (Lipinski definition) is 1. The van der Waals surface area contributed by atoms with Gasteiger partial charge in [0.25, 0.3) is 5.91 Å². The van der Waals surface area contributed by atoms with Crippen molar-refractivity contribution in [1.82, 2.24) is 15.1 Å². The van der Waals surface area contributed by atoms with E-state index >= 15 is 0 Å². The van der Waals surface area contributed by atoms with Crippen LogP contribution < -0.4 is 10.4 Å². The molecule has 0 fully saturated rings. The highest BCUT2D eigenvalue weighted by Gasteiger charge is 2.20. The van der Waals surface area contributed by atoms with E-state index in [0.29, 0.717) is 17.9 Å². The monoisotopic (exact) mass is 355 g/mol. The number of rotatable bonds is 6. The zero-order valence-electron chi connectivity index (χ0n) is 15.0. The maximum atomic E-state index is 12.5. The number of ether oxygens (including phenoxy) is 1. The molecule has 1 atom stereocenters. The molecule has 7 nitrogen and oxygen atoms in total. The highest BCUT2D eigenvalue weighted by Crippen LogP contribution is 2.24. The van der Waals surface area contributed by atoms with Crippen LogP contribution in [-0.2, 0) is 17.8 Å². The molecule has 1 N–H and O–H groups in total. The first-order valence-corrected chi connectivity index (χ1v) is 8.44. The number of nitrogens with zero attached hydrogens (tertiary/aromatic N) is 2. The second kappa shape index (κ2) is 7.43. The van der Waals surface area contributed by atoms with Crippen molar-refractivity contribution in [2.45, 2.75) is 32.9 Å². The Kier molecular flexibility index (Phi) is 5.06. The van der Waals surface area contributed by atoms with Gasteiger partial charge in [-0.2, -0.15) is 5.10 Å². The molecule has 0 saturated carbocycles. The number of hydrogen-bond acceptors (Lipinski definition) is 5. The van der Waals surface area contributed by atoms with Gasteiger partial charge in [0.2, 0.25) is 0 Å². The molecule has 1 amide bonds. The Bertz CT molecular complexity index is 963. The number of H-pyrrole nitrogens is 1. The molecule has 1 aromatic carbocycles. The van der Waals surface area contributed by atoms with Crippen LogP contribution in [0.25, 0.3) is 11.0 Å². The molecule has 2 heterocycles. The Morgan fingerprint density at radius 2 is 2.15 bits per heavy atom. The van der Waals surface area contributed by atoms with Crippen molar-refractivity contribution >= 4 is 16.9 Å².